The maximum absolute atomic E-state index is 12.6. The van der Waals surface area contributed by atoms with Crippen molar-refractivity contribution in [2.75, 3.05) is 7.11 Å². The van der Waals surface area contributed by atoms with Gasteiger partial charge in [0.1, 0.15) is 0 Å². The third-order valence-corrected chi connectivity index (χ3v) is 4.84. The van der Waals surface area contributed by atoms with E-state index >= 15 is 0 Å². The van der Waals surface area contributed by atoms with Crippen molar-refractivity contribution in [2.45, 2.75) is 39.7 Å². The fraction of sp³-hybridized carbons (Fsp3) is 0.389. The van der Waals surface area contributed by atoms with Crippen LogP contribution in [0.25, 0.3) is 0 Å². The van der Waals surface area contributed by atoms with E-state index in [9.17, 15) is 14.4 Å². The van der Waals surface area contributed by atoms with E-state index in [1.165, 1.54) is 14.0 Å². The maximum Gasteiger partial charge on any atom is 0.339 e. The number of rotatable bonds is 7. The third-order valence-electron chi connectivity index (χ3n) is 3.91. The molecule has 0 saturated heterocycles. The quantitative estimate of drug-likeness (QED) is 0.603. The molecule has 1 N–H and O–H groups in total. The molecule has 0 aromatic carbocycles. The first-order chi connectivity index (χ1) is 11.8. The lowest BCUT2D eigenvalue weighted by Crippen LogP contribution is -2.25. The van der Waals surface area contributed by atoms with Crippen molar-refractivity contribution in [2.24, 2.45) is 0 Å². The summed E-state index contributed by atoms with van der Waals surface area (Å²) in [6, 6.07) is 3.87. The number of ketones is 1. The second-order valence-corrected chi connectivity index (χ2v) is 6.72. The van der Waals surface area contributed by atoms with Crippen molar-refractivity contribution < 1.29 is 23.9 Å². The Balaban J connectivity index is 2.02. The van der Waals surface area contributed by atoms with Gasteiger partial charge in [0.2, 0.25) is 5.78 Å². The van der Waals surface area contributed by atoms with E-state index in [-0.39, 0.29) is 17.9 Å². The van der Waals surface area contributed by atoms with Crippen LogP contribution in [0.3, 0.4) is 0 Å². The van der Waals surface area contributed by atoms with Gasteiger partial charge in [-0.05, 0) is 44.2 Å². The number of carbonyl (C=O) groups excluding carboxylic acids is 3. The van der Waals surface area contributed by atoms with Crippen molar-refractivity contribution >= 4 is 29.1 Å². The summed E-state index contributed by atoms with van der Waals surface area (Å²) >= 11 is 1.57. The highest BCUT2D eigenvalue weighted by Gasteiger charge is 2.27. The predicted molar refractivity (Wildman–Crippen MR) is 94.1 cm³/mol. The van der Waals surface area contributed by atoms with Crippen molar-refractivity contribution in [3.8, 4) is 0 Å². The number of methoxy groups -OCH3 is 1. The molecule has 0 radical (unpaired) electrons. The highest BCUT2D eigenvalue weighted by molar-refractivity contribution is 7.09. The molecule has 0 bridgehead atoms. The Morgan fingerprint density at radius 2 is 2.00 bits per heavy atom. The van der Waals surface area contributed by atoms with Crippen LogP contribution in [0, 0.1) is 13.8 Å². The fourth-order valence-corrected chi connectivity index (χ4v) is 3.31. The van der Waals surface area contributed by atoms with Gasteiger partial charge in [-0.15, -0.1) is 11.3 Å². The molecular formula is C18H21NO5S. The maximum atomic E-state index is 12.6. The van der Waals surface area contributed by atoms with Crippen LogP contribution in [0.5, 0.6) is 0 Å². The summed E-state index contributed by atoms with van der Waals surface area (Å²) in [6.07, 6.45) is -0.128. The predicted octanol–water partition coefficient (Wildman–Crippen LogP) is 3.23. The number of hydrogen-bond donors (Lipinski definition) is 1. The SMILES string of the molecule is COC(=O)c1c(C)[nH]c(C(=O)[C@H](C)OC(=O)CCc2cccs2)c1C. The number of H-pyrrole nitrogens is 1. The summed E-state index contributed by atoms with van der Waals surface area (Å²) in [6.45, 7) is 4.88. The number of aromatic nitrogens is 1. The molecule has 0 saturated carbocycles. The number of nitrogens with one attached hydrogen (secondary N) is 1. The molecule has 0 aliphatic carbocycles. The lowest BCUT2D eigenvalue weighted by atomic mass is 10.1. The standard InChI is InChI=1S/C18H21NO5S/c1-10-15(18(22)23-4)11(2)19-16(10)17(21)12(3)24-14(20)8-7-13-6-5-9-25-13/h5-6,9,12,19H,7-8H2,1-4H3/t12-/m0/s1. The van der Waals surface area contributed by atoms with Crippen molar-refractivity contribution in [3.63, 3.8) is 0 Å². The van der Waals surface area contributed by atoms with E-state index in [0.29, 0.717) is 23.2 Å². The molecule has 2 aromatic rings. The average Bonchev–Trinajstić information content (AvgIpc) is 3.19. The minimum absolute atomic E-state index is 0.217. The molecule has 1 atom stereocenters. The summed E-state index contributed by atoms with van der Waals surface area (Å²) in [4.78, 5) is 40.3. The molecule has 0 fully saturated rings. The first-order valence-electron chi connectivity index (χ1n) is 7.88. The first-order valence-corrected chi connectivity index (χ1v) is 8.76. The van der Waals surface area contributed by atoms with Gasteiger partial charge < -0.3 is 14.5 Å². The first kappa shape index (κ1) is 18.9. The number of aromatic amines is 1. The zero-order valence-corrected chi connectivity index (χ0v) is 15.5. The van der Waals surface area contributed by atoms with Crippen LogP contribution in [-0.4, -0.2) is 35.9 Å². The minimum Gasteiger partial charge on any atom is -0.465 e. The largest absolute Gasteiger partial charge is 0.465 e. The van der Waals surface area contributed by atoms with Gasteiger partial charge in [-0.1, -0.05) is 6.07 Å². The van der Waals surface area contributed by atoms with Gasteiger partial charge in [0.25, 0.3) is 0 Å². The van der Waals surface area contributed by atoms with Crippen LogP contribution in [0.2, 0.25) is 0 Å². The van der Waals surface area contributed by atoms with E-state index in [2.05, 4.69) is 4.98 Å². The lowest BCUT2D eigenvalue weighted by molar-refractivity contribution is -0.146. The molecule has 0 aliphatic heterocycles. The van der Waals surface area contributed by atoms with Gasteiger partial charge >= 0.3 is 11.9 Å². The van der Waals surface area contributed by atoms with Crippen molar-refractivity contribution in [1.82, 2.24) is 4.98 Å². The monoisotopic (exact) mass is 363 g/mol. The number of ether oxygens (including phenoxy) is 2. The average molecular weight is 363 g/mol. The van der Waals surface area contributed by atoms with E-state index in [0.717, 1.165) is 4.88 Å². The van der Waals surface area contributed by atoms with Gasteiger partial charge in [0.05, 0.1) is 24.8 Å². The summed E-state index contributed by atoms with van der Waals surface area (Å²) < 4.78 is 9.96. The van der Waals surface area contributed by atoms with Crippen LogP contribution >= 0.6 is 11.3 Å². The molecule has 0 unspecified atom stereocenters. The zero-order chi connectivity index (χ0) is 18.6. The second-order valence-electron chi connectivity index (χ2n) is 5.69. The van der Waals surface area contributed by atoms with E-state index in [1.807, 2.05) is 17.5 Å². The van der Waals surface area contributed by atoms with Crippen LogP contribution in [0.4, 0.5) is 0 Å². The van der Waals surface area contributed by atoms with Gasteiger partial charge in [-0.2, -0.15) is 0 Å². The molecule has 0 amide bonds. The number of Topliss-reactive ketones (excluding diaryl/α,β-unsaturated/α-hetero) is 1. The summed E-state index contributed by atoms with van der Waals surface area (Å²) in [5.41, 5.74) is 1.64. The Kier molecular flexibility index (Phi) is 6.14. The van der Waals surface area contributed by atoms with E-state index in [4.69, 9.17) is 9.47 Å². The second kappa shape index (κ2) is 8.11. The molecule has 2 heterocycles. The molecule has 134 valence electrons. The minimum atomic E-state index is -0.932. The number of carbonyl (C=O) groups is 3. The molecular weight excluding hydrogens is 342 g/mol. The van der Waals surface area contributed by atoms with Crippen molar-refractivity contribution in [1.29, 1.82) is 0 Å². The van der Waals surface area contributed by atoms with Crippen LogP contribution in [-0.2, 0) is 20.7 Å². The summed E-state index contributed by atoms with van der Waals surface area (Å²) in [5, 5.41) is 1.95. The van der Waals surface area contributed by atoms with Gasteiger partial charge in [0.15, 0.2) is 6.10 Å². The van der Waals surface area contributed by atoms with E-state index in [1.54, 1.807) is 25.2 Å². The number of aryl methyl sites for hydroxylation is 2. The molecule has 2 rings (SSSR count). The normalized spacial score (nSPS) is 11.8. The summed E-state index contributed by atoms with van der Waals surface area (Å²) in [7, 11) is 1.29. The zero-order valence-electron chi connectivity index (χ0n) is 14.7. The number of thiophene rings is 1. The van der Waals surface area contributed by atoms with Crippen molar-refractivity contribution in [3.05, 3.63) is 44.9 Å². The van der Waals surface area contributed by atoms with Crippen LogP contribution < -0.4 is 0 Å². The Labute approximate surface area is 150 Å². The van der Waals surface area contributed by atoms with Crippen LogP contribution in [0.15, 0.2) is 17.5 Å². The van der Waals surface area contributed by atoms with Gasteiger partial charge in [-0.25, -0.2) is 4.79 Å². The third kappa shape index (κ3) is 4.36. The lowest BCUT2D eigenvalue weighted by Gasteiger charge is -2.12. The number of hydrogen-bond acceptors (Lipinski definition) is 6. The highest BCUT2D eigenvalue weighted by Crippen LogP contribution is 2.21. The Morgan fingerprint density at radius 3 is 2.60 bits per heavy atom. The molecule has 0 spiro atoms. The molecule has 2 aromatic heterocycles. The number of esters is 2. The Morgan fingerprint density at radius 1 is 1.28 bits per heavy atom. The molecule has 6 nitrogen and oxygen atoms in total. The van der Waals surface area contributed by atoms with Gasteiger partial charge in [0, 0.05) is 10.6 Å². The topological polar surface area (TPSA) is 85.5 Å². The smallest absolute Gasteiger partial charge is 0.339 e. The van der Waals surface area contributed by atoms with E-state index < -0.39 is 18.0 Å². The Hall–Kier alpha value is -2.41. The summed E-state index contributed by atoms with van der Waals surface area (Å²) in [5.74, 6) is -1.31. The molecule has 7 heteroatoms. The van der Waals surface area contributed by atoms with Gasteiger partial charge in [-0.3, -0.25) is 9.59 Å². The highest BCUT2D eigenvalue weighted by atomic mass is 32.1. The molecule has 0 aliphatic rings. The fourth-order valence-electron chi connectivity index (χ4n) is 2.60. The van der Waals surface area contributed by atoms with Crippen LogP contribution in [0.1, 0.15) is 50.3 Å². The Bertz CT molecular complexity index is 776. The molecule has 25 heavy (non-hydrogen) atoms.